The SMILES string of the molecule is COc1cc(/C=C/C(=O)N2CCCC2c2nc3ccccc3[nH]2)ccc1OC(F)F. The molecule has 0 spiro atoms. The summed E-state index contributed by atoms with van der Waals surface area (Å²) in [5, 5.41) is 0. The van der Waals surface area contributed by atoms with Crippen molar-refractivity contribution in [1.82, 2.24) is 14.9 Å². The van der Waals surface area contributed by atoms with E-state index in [1.165, 1.54) is 19.3 Å². The molecule has 30 heavy (non-hydrogen) atoms. The van der Waals surface area contributed by atoms with Crippen LogP contribution in [0.1, 0.15) is 30.3 Å². The second kappa shape index (κ2) is 8.52. The maximum atomic E-state index is 12.8. The Hall–Kier alpha value is -3.42. The maximum Gasteiger partial charge on any atom is 0.387 e. The summed E-state index contributed by atoms with van der Waals surface area (Å²) in [6.07, 6.45) is 4.84. The highest BCUT2D eigenvalue weighted by molar-refractivity contribution is 5.92. The van der Waals surface area contributed by atoms with Crippen LogP contribution in [0, 0.1) is 0 Å². The Labute approximate surface area is 172 Å². The third-order valence-corrected chi connectivity index (χ3v) is 5.08. The summed E-state index contributed by atoms with van der Waals surface area (Å²) in [6, 6.07) is 12.2. The number of alkyl halides is 2. The van der Waals surface area contributed by atoms with E-state index in [1.807, 2.05) is 24.3 Å². The highest BCUT2D eigenvalue weighted by atomic mass is 19.3. The van der Waals surface area contributed by atoms with E-state index in [0.29, 0.717) is 12.1 Å². The summed E-state index contributed by atoms with van der Waals surface area (Å²) in [6.45, 7) is -2.29. The molecule has 1 unspecified atom stereocenters. The standard InChI is InChI=1S/C22H21F2N3O3/c1-29-19-13-14(8-10-18(19)30-22(23)24)9-11-20(28)27-12-4-7-17(27)21-25-15-5-2-3-6-16(15)26-21/h2-3,5-6,8-11,13,17,22H,4,7,12H2,1H3,(H,25,26)/b11-9+. The van der Waals surface area contributed by atoms with Crippen molar-refractivity contribution >= 4 is 23.0 Å². The molecule has 1 aliphatic rings. The molecule has 1 aliphatic heterocycles. The van der Waals surface area contributed by atoms with Gasteiger partial charge in [-0.1, -0.05) is 18.2 Å². The molecular weight excluding hydrogens is 392 g/mol. The van der Waals surface area contributed by atoms with Gasteiger partial charge in [0, 0.05) is 12.6 Å². The number of imidazole rings is 1. The number of aromatic nitrogens is 2. The van der Waals surface area contributed by atoms with E-state index in [9.17, 15) is 13.6 Å². The van der Waals surface area contributed by atoms with Crippen LogP contribution in [0.4, 0.5) is 8.78 Å². The van der Waals surface area contributed by atoms with Gasteiger partial charge in [-0.25, -0.2) is 4.98 Å². The molecule has 1 fully saturated rings. The fourth-order valence-corrected chi connectivity index (χ4v) is 3.69. The molecule has 2 aromatic carbocycles. The van der Waals surface area contributed by atoms with E-state index < -0.39 is 6.61 Å². The number of aromatic amines is 1. The van der Waals surface area contributed by atoms with Crippen molar-refractivity contribution in [3.05, 3.63) is 59.9 Å². The van der Waals surface area contributed by atoms with Gasteiger partial charge in [-0.3, -0.25) is 4.79 Å². The number of H-pyrrole nitrogens is 1. The average molecular weight is 413 g/mol. The highest BCUT2D eigenvalue weighted by Gasteiger charge is 2.31. The van der Waals surface area contributed by atoms with Crippen molar-refractivity contribution in [2.45, 2.75) is 25.5 Å². The lowest BCUT2D eigenvalue weighted by Gasteiger charge is -2.21. The van der Waals surface area contributed by atoms with Gasteiger partial charge >= 0.3 is 6.61 Å². The highest BCUT2D eigenvalue weighted by Crippen LogP contribution is 2.32. The second-order valence-corrected chi connectivity index (χ2v) is 6.95. The van der Waals surface area contributed by atoms with Gasteiger partial charge in [-0.05, 0) is 48.7 Å². The fraction of sp³-hybridized carbons (Fsp3) is 0.273. The van der Waals surface area contributed by atoms with E-state index in [-0.39, 0.29) is 23.4 Å². The number of carbonyl (C=O) groups excluding carboxylic acids is 1. The first-order valence-corrected chi connectivity index (χ1v) is 9.61. The summed E-state index contributed by atoms with van der Waals surface area (Å²) >= 11 is 0. The Bertz CT molecular complexity index is 1050. The minimum Gasteiger partial charge on any atom is -0.493 e. The van der Waals surface area contributed by atoms with Crippen molar-refractivity contribution in [2.75, 3.05) is 13.7 Å². The molecule has 0 radical (unpaired) electrons. The van der Waals surface area contributed by atoms with E-state index >= 15 is 0 Å². The summed E-state index contributed by atoms with van der Waals surface area (Å²) in [5.74, 6) is 0.766. The smallest absolute Gasteiger partial charge is 0.387 e. The number of fused-ring (bicyclic) bond motifs is 1. The number of hydrogen-bond donors (Lipinski definition) is 1. The van der Waals surface area contributed by atoms with Gasteiger partial charge < -0.3 is 19.4 Å². The van der Waals surface area contributed by atoms with Gasteiger partial charge in [0.15, 0.2) is 11.5 Å². The van der Waals surface area contributed by atoms with Gasteiger partial charge in [0.1, 0.15) is 5.82 Å². The lowest BCUT2D eigenvalue weighted by Crippen LogP contribution is -2.29. The number of likely N-dealkylation sites (tertiary alicyclic amines) is 1. The topological polar surface area (TPSA) is 67.5 Å². The summed E-state index contributed by atoms with van der Waals surface area (Å²) in [4.78, 5) is 22.6. The number of benzene rings is 2. The molecule has 156 valence electrons. The lowest BCUT2D eigenvalue weighted by molar-refractivity contribution is -0.127. The molecule has 3 aromatic rings. The number of hydrogen-bond acceptors (Lipinski definition) is 4. The van der Waals surface area contributed by atoms with Crippen LogP contribution in [0.2, 0.25) is 0 Å². The number of amides is 1. The van der Waals surface area contributed by atoms with Crippen LogP contribution in [0.25, 0.3) is 17.1 Å². The van der Waals surface area contributed by atoms with Crippen molar-refractivity contribution < 1.29 is 23.0 Å². The largest absolute Gasteiger partial charge is 0.493 e. The average Bonchev–Trinajstić information content (AvgIpc) is 3.39. The maximum absolute atomic E-state index is 12.8. The zero-order valence-electron chi connectivity index (χ0n) is 16.3. The van der Waals surface area contributed by atoms with E-state index in [2.05, 4.69) is 14.7 Å². The zero-order chi connectivity index (χ0) is 21.1. The molecule has 8 heteroatoms. The minimum absolute atomic E-state index is 0.0551. The number of rotatable bonds is 6. The predicted octanol–water partition coefficient (Wildman–Crippen LogP) is 4.55. The predicted molar refractivity (Wildman–Crippen MR) is 108 cm³/mol. The first-order valence-electron chi connectivity index (χ1n) is 9.61. The molecule has 1 N–H and O–H groups in total. The Morgan fingerprint density at radius 3 is 2.87 bits per heavy atom. The minimum atomic E-state index is -2.94. The van der Waals surface area contributed by atoms with Crippen molar-refractivity contribution in [1.29, 1.82) is 0 Å². The third kappa shape index (κ3) is 4.12. The number of carbonyl (C=O) groups is 1. The molecule has 1 atom stereocenters. The van der Waals surface area contributed by atoms with Gasteiger partial charge in [0.2, 0.25) is 5.91 Å². The normalized spacial score (nSPS) is 16.7. The molecule has 1 saturated heterocycles. The van der Waals surface area contributed by atoms with Crippen LogP contribution < -0.4 is 9.47 Å². The molecule has 1 amide bonds. The van der Waals surface area contributed by atoms with Crippen LogP contribution in [-0.4, -0.2) is 41.0 Å². The lowest BCUT2D eigenvalue weighted by atomic mass is 10.1. The monoisotopic (exact) mass is 413 g/mol. The number of para-hydroxylation sites is 2. The van der Waals surface area contributed by atoms with Gasteiger partial charge in [-0.15, -0.1) is 0 Å². The fourth-order valence-electron chi connectivity index (χ4n) is 3.69. The van der Waals surface area contributed by atoms with E-state index in [0.717, 1.165) is 29.7 Å². The van der Waals surface area contributed by atoms with Crippen LogP contribution in [0.15, 0.2) is 48.5 Å². The van der Waals surface area contributed by atoms with Crippen molar-refractivity contribution in [2.24, 2.45) is 0 Å². The van der Waals surface area contributed by atoms with Crippen LogP contribution in [-0.2, 0) is 4.79 Å². The Kier molecular flexibility index (Phi) is 5.65. The molecule has 1 aromatic heterocycles. The summed E-state index contributed by atoms with van der Waals surface area (Å²) in [5.41, 5.74) is 2.46. The Morgan fingerprint density at radius 1 is 1.27 bits per heavy atom. The van der Waals surface area contributed by atoms with E-state index in [4.69, 9.17) is 4.74 Å². The molecule has 0 bridgehead atoms. The summed E-state index contributed by atoms with van der Waals surface area (Å²) < 4.78 is 34.4. The van der Waals surface area contributed by atoms with Gasteiger partial charge in [0.05, 0.1) is 24.2 Å². The molecule has 0 aliphatic carbocycles. The Balaban J connectivity index is 1.50. The molecule has 2 heterocycles. The number of ether oxygens (including phenoxy) is 2. The van der Waals surface area contributed by atoms with Crippen molar-refractivity contribution in [3.8, 4) is 11.5 Å². The third-order valence-electron chi connectivity index (χ3n) is 5.08. The van der Waals surface area contributed by atoms with Gasteiger partial charge in [0.25, 0.3) is 0 Å². The van der Waals surface area contributed by atoms with Crippen molar-refractivity contribution in [3.63, 3.8) is 0 Å². The summed E-state index contributed by atoms with van der Waals surface area (Å²) in [7, 11) is 1.37. The van der Waals surface area contributed by atoms with Crippen LogP contribution in [0.5, 0.6) is 11.5 Å². The quantitative estimate of drug-likeness (QED) is 0.602. The van der Waals surface area contributed by atoms with E-state index in [1.54, 1.807) is 23.1 Å². The molecule has 6 nitrogen and oxygen atoms in total. The molecule has 4 rings (SSSR count). The number of methoxy groups -OCH3 is 1. The first kappa shape index (κ1) is 19.9. The zero-order valence-corrected chi connectivity index (χ0v) is 16.3. The first-order chi connectivity index (χ1) is 14.5. The van der Waals surface area contributed by atoms with Crippen LogP contribution >= 0.6 is 0 Å². The Morgan fingerprint density at radius 2 is 2.10 bits per heavy atom. The second-order valence-electron chi connectivity index (χ2n) is 6.95. The molecule has 0 saturated carbocycles. The molecular formula is C22H21F2N3O3. The van der Waals surface area contributed by atoms with Gasteiger partial charge in [-0.2, -0.15) is 8.78 Å². The number of nitrogens with one attached hydrogen (secondary N) is 1. The van der Waals surface area contributed by atoms with Crippen LogP contribution in [0.3, 0.4) is 0 Å². The number of nitrogens with zero attached hydrogens (tertiary/aromatic N) is 2. The number of halogens is 2.